The van der Waals surface area contributed by atoms with Crippen molar-refractivity contribution in [1.29, 1.82) is 0 Å². The van der Waals surface area contributed by atoms with Gasteiger partial charge >= 0.3 is 5.97 Å². The first kappa shape index (κ1) is 23.8. The van der Waals surface area contributed by atoms with Gasteiger partial charge in [-0.25, -0.2) is 4.79 Å². The van der Waals surface area contributed by atoms with E-state index in [4.69, 9.17) is 9.47 Å². The van der Waals surface area contributed by atoms with E-state index < -0.39 is 44.0 Å². The van der Waals surface area contributed by atoms with Crippen LogP contribution in [0.15, 0.2) is 18.2 Å². The number of ketones is 1. The smallest absolute Gasteiger partial charge is 0.339 e. The van der Waals surface area contributed by atoms with E-state index >= 15 is 0 Å². The molecule has 0 unspecified atom stereocenters. The summed E-state index contributed by atoms with van der Waals surface area (Å²) in [5, 5.41) is 22.7. The fourth-order valence-electron chi connectivity index (χ4n) is 8.29. The maximum Gasteiger partial charge on any atom is 0.339 e. The standard InChI is InChI=1S/C25H30N2O8/c1-20(2)9-18(28)25-23(12-21(3,4)10-22(5,13-23)14-24(25,11-20)35-25)34-19(29)15-6-16(26(30)31)8-17(7-15)27(32)33/h6-8H,9-14H2,1-5H3/t22-,23-,24-,25+/m0/s1. The fourth-order valence-corrected chi connectivity index (χ4v) is 8.29. The predicted octanol–water partition coefficient (Wildman–Crippen LogP) is 4.92. The van der Waals surface area contributed by atoms with Crippen LogP contribution in [0.1, 0.15) is 83.5 Å². The molecule has 188 valence electrons. The molecule has 1 aliphatic heterocycles. The molecule has 1 aromatic rings. The molecule has 10 heteroatoms. The highest BCUT2D eigenvalue weighted by Crippen LogP contribution is 2.77. The number of Topliss-reactive ketones (excluding diaryl/α,β-unsaturated/α-hetero) is 1. The summed E-state index contributed by atoms with van der Waals surface area (Å²) < 4.78 is 12.7. The summed E-state index contributed by atoms with van der Waals surface area (Å²) in [6.45, 7) is 10.4. The Morgan fingerprint density at radius 2 is 1.49 bits per heavy atom. The molecule has 4 aliphatic rings. The first-order valence-corrected chi connectivity index (χ1v) is 11.9. The normalized spacial score (nSPS) is 38.0. The van der Waals surface area contributed by atoms with Gasteiger partial charge in [-0.15, -0.1) is 0 Å². The van der Waals surface area contributed by atoms with Crippen LogP contribution in [0.5, 0.6) is 0 Å². The van der Waals surface area contributed by atoms with Crippen molar-refractivity contribution in [2.24, 2.45) is 16.2 Å². The van der Waals surface area contributed by atoms with Gasteiger partial charge in [0, 0.05) is 18.6 Å². The Bertz CT molecular complexity index is 1170. The van der Waals surface area contributed by atoms with E-state index in [0.29, 0.717) is 32.1 Å². The second-order valence-corrected chi connectivity index (χ2v) is 13.0. The van der Waals surface area contributed by atoms with Crippen molar-refractivity contribution < 1.29 is 28.9 Å². The summed E-state index contributed by atoms with van der Waals surface area (Å²) >= 11 is 0. The number of esters is 1. The van der Waals surface area contributed by atoms with Gasteiger partial charge in [0.25, 0.3) is 11.4 Å². The number of epoxide rings is 1. The van der Waals surface area contributed by atoms with Crippen LogP contribution in [-0.4, -0.2) is 38.4 Å². The summed E-state index contributed by atoms with van der Waals surface area (Å²) in [5.41, 5.74) is -5.43. The third kappa shape index (κ3) is 3.32. The van der Waals surface area contributed by atoms with Crippen molar-refractivity contribution in [3.63, 3.8) is 0 Å². The summed E-state index contributed by atoms with van der Waals surface area (Å²) in [5.74, 6) is -0.999. The van der Waals surface area contributed by atoms with Crippen molar-refractivity contribution in [3.05, 3.63) is 44.0 Å². The number of carbonyl (C=O) groups excluding carboxylic acids is 2. The van der Waals surface area contributed by atoms with Crippen molar-refractivity contribution in [1.82, 2.24) is 0 Å². The maximum absolute atomic E-state index is 13.7. The Balaban J connectivity index is 1.61. The lowest BCUT2D eigenvalue weighted by atomic mass is 9.44. The molecule has 0 aromatic heterocycles. The second-order valence-electron chi connectivity index (χ2n) is 13.0. The largest absolute Gasteiger partial charge is 0.452 e. The first-order chi connectivity index (χ1) is 16.0. The zero-order valence-electron chi connectivity index (χ0n) is 20.6. The minimum Gasteiger partial charge on any atom is -0.452 e. The van der Waals surface area contributed by atoms with Gasteiger partial charge in [-0.1, -0.05) is 34.6 Å². The summed E-state index contributed by atoms with van der Waals surface area (Å²) in [6, 6.07) is 2.76. The highest BCUT2D eigenvalue weighted by atomic mass is 16.7. The van der Waals surface area contributed by atoms with Gasteiger partial charge in [0.15, 0.2) is 17.0 Å². The average Bonchev–Trinajstić information content (AvgIpc) is 3.34. The van der Waals surface area contributed by atoms with Crippen molar-refractivity contribution >= 4 is 23.1 Å². The van der Waals surface area contributed by atoms with E-state index in [2.05, 4.69) is 20.8 Å². The van der Waals surface area contributed by atoms with Crippen LogP contribution < -0.4 is 0 Å². The molecule has 5 rings (SSSR count). The molecule has 0 N–H and O–H groups in total. The Morgan fingerprint density at radius 1 is 0.886 bits per heavy atom. The van der Waals surface area contributed by atoms with Gasteiger partial charge in [0.05, 0.1) is 21.5 Å². The van der Waals surface area contributed by atoms with E-state index in [1.807, 2.05) is 13.8 Å². The Morgan fingerprint density at radius 3 is 2.06 bits per heavy atom. The molecular weight excluding hydrogens is 456 g/mol. The van der Waals surface area contributed by atoms with E-state index in [-0.39, 0.29) is 27.6 Å². The van der Waals surface area contributed by atoms with E-state index in [1.54, 1.807) is 0 Å². The molecule has 1 heterocycles. The van der Waals surface area contributed by atoms with Crippen LogP contribution in [-0.2, 0) is 14.3 Å². The summed E-state index contributed by atoms with van der Waals surface area (Å²) in [6.07, 6.45) is 3.36. The summed E-state index contributed by atoms with van der Waals surface area (Å²) in [7, 11) is 0. The van der Waals surface area contributed by atoms with Crippen molar-refractivity contribution in [3.8, 4) is 0 Å². The minimum absolute atomic E-state index is 0.0775. The monoisotopic (exact) mass is 486 g/mol. The Kier molecular flexibility index (Phi) is 4.54. The number of hydrogen-bond acceptors (Lipinski definition) is 8. The number of nitro groups is 2. The van der Waals surface area contributed by atoms with Crippen LogP contribution in [0.4, 0.5) is 11.4 Å². The minimum atomic E-state index is -1.26. The fraction of sp³-hybridized carbons (Fsp3) is 0.680. The number of fused-ring (bicyclic) bond motifs is 2. The zero-order valence-corrected chi connectivity index (χ0v) is 20.6. The molecule has 4 atom stereocenters. The molecule has 0 spiro atoms. The quantitative estimate of drug-likeness (QED) is 0.253. The lowest BCUT2D eigenvalue weighted by Gasteiger charge is -2.59. The Hall–Kier alpha value is -2.88. The van der Waals surface area contributed by atoms with E-state index in [1.165, 1.54) is 0 Å². The van der Waals surface area contributed by atoms with Crippen LogP contribution >= 0.6 is 0 Å². The first-order valence-electron chi connectivity index (χ1n) is 11.9. The van der Waals surface area contributed by atoms with Crippen LogP contribution in [0.25, 0.3) is 0 Å². The molecule has 1 aromatic carbocycles. The highest BCUT2D eigenvalue weighted by Gasteiger charge is 2.90. The molecule has 3 aliphatic carbocycles. The van der Waals surface area contributed by atoms with Crippen LogP contribution in [0.2, 0.25) is 0 Å². The number of benzene rings is 1. The molecule has 10 nitrogen and oxygen atoms in total. The molecule has 0 amide bonds. The number of hydrogen-bond donors (Lipinski definition) is 0. The zero-order chi connectivity index (χ0) is 25.8. The molecule has 35 heavy (non-hydrogen) atoms. The molecule has 3 saturated carbocycles. The van der Waals surface area contributed by atoms with Crippen molar-refractivity contribution in [2.45, 2.75) is 89.9 Å². The number of carbonyl (C=O) groups is 2. The van der Waals surface area contributed by atoms with Gasteiger partial charge < -0.3 is 9.47 Å². The lowest BCUT2D eigenvalue weighted by Crippen LogP contribution is -2.69. The van der Waals surface area contributed by atoms with Gasteiger partial charge in [-0.3, -0.25) is 25.0 Å². The van der Waals surface area contributed by atoms with E-state index in [0.717, 1.165) is 24.6 Å². The highest BCUT2D eigenvalue weighted by molar-refractivity contribution is 5.97. The third-order valence-electron chi connectivity index (χ3n) is 8.33. The number of nitrogens with zero attached hydrogens (tertiary/aromatic N) is 2. The second kappa shape index (κ2) is 6.66. The predicted molar refractivity (Wildman–Crippen MR) is 123 cm³/mol. The number of rotatable bonds is 4. The topological polar surface area (TPSA) is 142 Å². The van der Waals surface area contributed by atoms with Gasteiger partial charge in [0.2, 0.25) is 0 Å². The average molecular weight is 487 g/mol. The van der Waals surface area contributed by atoms with E-state index in [9.17, 15) is 29.8 Å². The third-order valence-corrected chi connectivity index (χ3v) is 8.33. The maximum atomic E-state index is 13.7. The molecule has 2 bridgehead atoms. The summed E-state index contributed by atoms with van der Waals surface area (Å²) in [4.78, 5) is 48.4. The molecule has 0 radical (unpaired) electrons. The molecule has 1 saturated heterocycles. The van der Waals surface area contributed by atoms with Crippen LogP contribution in [0, 0.1) is 36.5 Å². The van der Waals surface area contributed by atoms with Gasteiger partial charge in [-0.05, 0) is 48.3 Å². The lowest BCUT2D eigenvalue weighted by molar-refractivity contribution is -0.394. The number of ether oxygens (including phenoxy) is 2. The van der Waals surface area contributed by atoms with Gasteiger partial charge in [0.1, 0.15) is 5.60 Å². The number of non-ortho nitro benzene ring substituents is 2. The number of nitro benzene ring substituents is 2. The SMILES string of the molecule is CC1(C)C[C@@]2(C)C[C@@](OC(=O)c3cc([N+](=O)[O-])cc([N+](=O)[O-])c3)(C1)[C@@]13O[C@@]1(CC(C)(C)CC3=O)C2. The van der Waals surface area contributed by atoms with Crippen LogP contribution in [0.3, 0.4) is 0 Å². The Labute approximate surface area is 202 Å². The van der Waals surface area contributed by atoms with Crippen molar-refractivity contribution in [2.75, 3.05) is 0 Å². The molecule has 4 fully saturated rings. The van der Waals surface area contributed by atoms with Gasteiger partial charge in [-0.2, -0.15) is 0 Å². The molecular formula is C25H30N2O8.